The van der Waals surface area contributed by atoms with Gasteiger partial charge in [0.2, 0.25) is 0 Å². The molecule has 0 saturated heterocycles. The molecule has 0 bridgehead atoms. The zero-order valence-corrected chi connectivity index (χ0v) is 15.4. The summed E-state index contributed by atoms with van der Waals surface area (Å²) in [5, 5.41) is 7.71. The molecule has 0 N–H and O–H groups in total. The molecule has 0 aliphatic carbocycles. The fraction of sp³-hybridized carbons (Fsp3) is 0.316. The predicted octanol–water partition coefficient (Wildman–Crippen LogP) is 3.43. The van der Waals surface area contributed by atoms with Crippen LogP contribution < -0.4 is 5.69 Å². The minimum atomic E-state index is -0.146. The molecule has 0 radical (unpaired) electrons. The third kappa shape index (κ3) is 2.76. The minimum Gasteiger partial charge on any atom is -0.286 e. The Morgan fingerprint density at radius 2 is 1.96 bits per heavy atom. The number of thiophene rings is 1. The molecule has 3 heterocycles. The lowest BCUT2D eigenvalue weighted by Crippen LogP contribution is -2.25. The van der Waals surface area contributed by atoms with Gasteiger partial charge in [-0.3, -0.25) is 4.57 Å². The fourth-order valence-corrected chi connectivity index (χ4v) is 4.23. The van der Waals surface area contributed by atoms with Crippen molar-refractivity contribution in [3.63, 3.8) is 0 Å². The van der Waals surface area contributed by atoms with Crippen molar-refractivity contribution in [3.8, 4) is 0 Å². The Morgan fingerprint density at radius 3 is 2.68 bits per heavy atom. The van der Waals surface area contributed by atoms with Gasteiger partial charge in [-0.25, -0.2) is 9.78 Å². The molecule has 128 valence electrons. The second-order valence-corrected chi connectivity index (χ2v) is 7.66. The van der Waals surface area contributed by atoms with Crippen LogP contribution in [-0.2, 0) is 19.9 Å². The molecule has 0 spiro atoms. The van der Waals surface area contributed by atoms with Gasteiger partial charge in [-0.15, -0.1) is 16.4 Å². The van der Waals surface area contributed by atoms with E-state index in [2.05, 4.69) is 24.3 Å². The molecule has 0 saturated carbocycles. The highest BCUT2D eigenvalue weighted by Crippen LogP contribution is 2.29. The fourth-order valence-electron chi connectivity index (χ4n) is 3.19. The highest BCUT2D eigenvalue weighted by atomic mass is 32.1. The van der Waals surface area contributed by atoms with E-state index in [-0.39, 0.29) is 5.69 Å². The molecule has 4 aromatic rings. The molecule has 25 heavy (non-hydrogen) atoms. The van der Waals surface area contributed by atoms with Gasteiger partial charge >= 0.3 is 5.69 Å². The summed E-state index contributed by atoms with van der Waals surface area (Å²) in [6.07, 6.45) is 1.59. The number of benzene rings is 1. The Balaban J connectivity index is 1.93. The van der Waals surface area contributed by atoms with E-state index in [9.17, 15) is 4.79 Å². The maximum Gasteiger partial charge on any atom is 0.351 e. The first-order valence-electron chi connectivity index (χ1n) is 8.43. The number of rotatable bonds is 4. The Hall–Kier alpha value is -2.47. The van der Waals surface area contributed by atoms with Crippen LogP contribution in [-0.4, -0.2) is 19.2 Å². The number of hydrogen-bond acceptors (Lipinski definition) is 4. The lowest BCUT2D eigenvalue weighted by atomic mass is 10.0. The van der Waals surface area contributed by atoms with E-state index in [0.717, 1.165) is 22.2 Å². The Bertz CT molecular complexity index is 1110. The van der Waals surface area contributed by atoms with Gasteiger partial charge in [-0.2, -0.15) is 4.52 Å². The molecular formula is C19H20N4OS. The SMILES string of the molecule is CC(C)Cc1csc2c1c1nc(Cc3ccccc3)nn1c(=O)n2C. The van der Waals surface area contributed by atoms with E-state index in [4.69, 9.17) is 4.98 Å². The molecule has 3 aromatic heterocycles. The van der Waals surface area contributed by atoms with Crippen LogP contribution >= 0.6 is 11.3 Å². The average molecular weight is 352 g/mol. The van der Waals surface area contributed by atoms with E-state index in [0.29, 0.717) is 23.8 Å². The third-order valence-electron chi connectivity index (χ3n) is 4.33. The summed E-state index contributed by atoms with van der Waals surface area (Å²) in [5.41, 5.74) is 2.92. The summed E-state index contributed by atoms with van der Waals surface area (Å²) >= 11 is 1.61. The first kappa shape index (κ1) is 16.0. The number of aryl methyl sites for hydroxylation is 1. The molecule has 5 nitrogen and oxygen atoms in total. The van der Waals surface area contributed by atoms with Gasteiger partial charge in [0.1, 0.15) is 4.83 Å². The predicted molar refractivity (Wildman–Crippen MR) is 101 cm³/mol. The van der Waals surface area contributed by atoms with Crippen LogP contribution in [0.3, 0.4) is 0 Å². The van der Waals surface area contributed by atoms with Crippen molar-refractivity contribution in [2.45, 2.75) is 26.7 Å². The van der Waals surface area contributed by atoms with E-state index < -0.39 is 0 Å². The van der Waals surface area contributed by atoms with Gasteiger partial charge in [0.25, 0.3) is 0 Å². The summed E-state index contributed by atoms with van der Waals surface area (Å²) < 4.78 is 3.13. The molecule has 0 fully saturated rings. The molecule has 4 rings (SSSR count). The lowest BCUT2D eigenvalue weighted by molar-refractivity contribution is 0.651. The largest absolute Gasteiger partial charge is 0.351 e. The molecule has 0 aliphatic heterocycles. The van der Waals surface area contributed by atoms with Crippen LogP contribution in [0.4, 0.5) is 0 Å². The van der Waals surface area contributed by atoms with Crippen molar-refractivity contribution in [2.24, 2.45) is 13.0 Å². The van der Waals surface area contributed by atoms with E-state index in [1.807, 2.05) is 30.3 Å². The Labute approximate surface area is 149 Å². The van der Waals surface area contributed by atoms with Crippen molar-refractivity contribution >= 4 is 27.2 Å². The second kappa shape index (κ2) is 6.11. The second-order valence-electron chi connectivity index (χ2n) is 6.81. The maximum atomic E-state index is 12.7. The minimum absolute atomic E-state index is 0.146. The van der Waals surface area contributed by atoms with Crippen LogP contribution in [0.2, 0.25) is 0 Å². The van der Waals surface area contributed by atoms with Crippen molar-refractivity contribution in [1.29, 1.82) is 0 Å². The molecule has 0 aliphatic rings. The summed E-state index contributed by atoms with van der Waals surface area (Å²) in [6.45, 7) is 4.40. The Kier molecular flexibility index (Phi) is 3.92. The van der Waals surface area contributed by atoms with Crippen LogP contribution in [0, 0.1) is 5.92 Å². The third-order valence-corrected chi connectivity index (χ3v) is 5.43. The van der Waals surface area contributed by atoms with Crippen LogP contribution in [0.25, 0.3) is 15.9 Å². The van der Waals surface area contributed by atoms with Crippen molar-refractivity contribution in [2.75, 3.05) is 0 Å². The maximum absolute atomic E-state index is 12.7. The lowest BCUT2D eigenvalue weighted by Gasteiger charge is -2.05. The quantitative estimate of drug-likeness (QED) is 0.565. The van der Waals surface area contributed by atoms with Gasteiger partial charge in [-0.1, -0.05) is 44.2 Å². The monoisotopic (exact) mass is 352 g/mol. The summed E-state index contributed by atoms with van der Waals surface area (Å²) in [4.78, 5) is 18.4. The standard InChI is InChI=1S/C19H20N4OS/c1-12(2)9-14-11-25-18-16(14)17-20-15(10-13-7-5-4-6-8-13)21-23(17)19(24)22(18)3/h4-8,11-12H,9-10H2,1-3H3. The summed E-state index contributed by atoms with van der Waals surface area (Å²) in [7, 11) is 1.80. The zero-order chi connectivity index (χ0) is 17.6. The first-order chi connectivity index (χ1) is 12.0. The van der Waals surface area contributed by atoms with Crippen LogP contribution in [0.1, 0.15) is 30.8 Å². The summed E-state index contributed by atoms with van der Waals surface area (Å²) in [6, 6.07) is 10.1. The van der Waals surface area contributed by atoms with Crippen molar-refractivity contribution in [3.05, 3.63) is 63.1 Å². The molecule has 0 atom stereocenters. The van der Waals surface area contributed by atoms with E-state index in [1.165, 1.54) is 10.1 Å². The Morgan fingerprint density at radius 1 is 1.20 bits per heavy atom. The normalized spacial score (nSPS) is 11.8. The smallest absolute Gasteiger partial charge is 0.286 e. The molecule has 0 unspecified atom stereocenters. The van der Waals surface area contributed by atoms with Crippen LogP contribution in [0.15, 0.2) is 40.5 Å². The number of aromatic nitrogens is 4. The number of fused-ring (bicyclic) bond motifs is 3. The van der Waals surface area contributed by atoms with Gasteiger partial charge < -0.3 is 0 Å². The van der Waals surface area contributed by atoms with Crippen molar-refractivity contribution < 1.29 is 0 Å². The molecule has 6 heteroatoms. The van der Waals surface area contributed by atoms with Gasteiger partial charge in [0.15, 0.2) is 11.5 Å². The van der Waals surface area contributed by atoms with Crippen molar-refractivity contribution in [1.82, 2.24) is 19.2 Å². The number of nitrogens with zero attached hydrogens (tertiary/aromatic N) is 4. The highest BCUT2D eigenvalue weighted by Gasteiger charge is 2.18. The molecule has 0 amide bonds. The van der Waals surface area contributed by atoms with Crippen LogP contribution in [0.5, 0.6) is 0 Å². The molecule has 1 aromatic carbocycles. The highest BCUT2D eigenvalue weighted by molar-refractivity contribution is 7.17. The topological polar surface area (TPSA) is 52.2 Å². The van der Waals surface area contributed by atoms with Gasteiger partial charge in [0, 0.05) is 13.5 Å². The molecular weight excluding hydrogens is 332 g/mol. The average Bonchev–Trinajstić information content (AvgIpc) is 3.17. The first-order valence-corrected chi connectivity index (χ1v) is 9.31. The van der Waals surface area contributed by atoms with Gasteiger partial charge in [0.05, 0.1) is 5.39 Å². The van der Waals surface area contributed by atoms with Gasteiger partial charge in [-0.05, 0) is 28.8 Å². The van der Waals surface area contributed by atoms with E-state index in [1.54, 1.807) is 23.0 Å². The van der Waals surface area contributed by atoms with E-state index >= 15 is 0 Å². The summed E-state index contributed by atoms with van der Waals surface area (Å²) in [5.74, 6) is 1.22. The zero-order valence-electron chi connectivity index (χ0n) is 14.6. The number of hydrogen-bond donors (Lipinski definition) is 0.